The van der Waals surface area contributed by atoms with Crippen molar-refractivity contribution in [3.8, 4) is 0 Å². The molecule has 0 unspecified atom stereocenters. The molecule has 0 aromatic carbocycles. The molecule has 0 bridgehead atoms. The van der Waals surface area contributed by atoms with E-state index >= 15 is 0 Å². The van der Waals surface area contributed by atoms with E-state index in [2.05, 4.69) is 0 Å². The number of rotatable bonds is 1. The Balaban J connectivity index is 4.67. The van der Waals surface area contributed by atoms with Crippen LogP contribution in [-0.4, -0.2) is 6.18 Å². The molecule has 0 fully saturated rings. The van der Waals surface area contributed by atoms with Gasteiger partial charge in [0.15, 0.2) is 0 Å². The smallest absolute Gasteiger partial charge is 0.202 e. The van der Waals surface area contributed by atoms with E-state index < -0.39 is 17.9 Å². The second kappa shape index (κ2) is 3.24. The summed E-state index contributed by atoms with van der Waals surface area (Å²) < 4.78 is 47.2. The fourth-order valence-electron chi connectivity index (χ4n) is 0.477. The van der Waals surface area contributed by atoms with Gasteiger partial charge in [0, 0.05) is 0 Å². The predicted octanol–water partition coefficient (Wildman–Crippen LogP) is 3.45. The van der Waals surface area contributed by atoms with Gasteiger partial charge < -0.3 is 0 Å². The zero-order valence-corrected chi connectivity index (χ0v) is 6.59. The molecule has 0 atom stereocenters. The van der Waals surface area contributed by atoms with E-state index in [1.54, 1.807) is 0 Å². The first-order valence-corrected chi connectivity index (χ1v) is 3.20. The molecule has 0 heterocycles. The number of alkyl halides is 3. The third-order valence-electron chi connectivity index (χ3n) is 1.46. The van der Waals surface area contributed by atoms with Crippen LogP contribution in [0, 0.1) is 5.92 Å². The van der Waals surface area contributed by atoms with Crippen molar-refractivity contribution in [2.45, 2.75) is 26.9 Å². The van der Waals surface area contributed by atoms with Crippen LogP contribution in [0.4, 0.5) is 17.6 Å². The van der Waals surface area contributed by atoms with Crippen LogP contribution in [0.5, 0.6) is 0 Å². The van der Waals surface area contributed by atoms with Gasteiger partial charge in [-0.1, -0.05) is 13.8 Å². The molecule has 0 nitrogen and oxygen atoms in total. The van der Waals surface area contributed by atoms with Crippen molar-refractivity contribution in [2.75, 3.05) is 0 Å². The second-order valence-corrected chi connectivity index (χ2v) is 2.65. The topological polar surface area (TPSA) is 0 Å². The molecule has 0 aromatic heterocycles. The van der Waals surface area contributed by atoms with Crippen molar-refractivity contribution in [1.29, 1.82) is 0 Å². The van der Waals surface area contributed by atoms with Gasteiger partial charge in [-0.3, -0.25) is 0 Å². The SMILES string of the molecule is C/C(=C(\F)C(F)(F)F)C(C)C. The second-order valence-electron chi connectivity index (χ2n) is 2.65. The fourth-order valence-corrected chi connectivity index (χ4v) is 0.477. The Morgan fingerprint density at radius 1 is 1.18 bits per heavy atom. The van der Waals surface area contributed by atoms with Gasteiger partial charge in [-0.15, -0.1) is 0 Å². The summed E-state index contributed by atoms with van der Waals surface area (Å²) in [7, 11) is 0. The Morgan fingerprint density at radius 2 is 1.55 bits per heavy atom. The summed E-state index contributed by atoms with van der Waals surface area (Å²) in [6, 6.07) is 0. The molecule has 66 valence electrons. The van der Waals surface area contributed by atoms with Crippen LogP contribution in [-0.2, 0) is 0 Å². The zero-order chi connectivity index (χ0) is 9.23. The van der Waals surface area contributed by atoms with Crippen LogP contribution in [0.15, 0.2) is 11.4 Å². The van der Waals surface area contributed by atoms with E-state index in [4.69, 9.17) is 0 Å². The minimum Gasteiger partial charge on any atom is -0.202 e. The van der Waals surface area contributed by atoms with Crippen molar-refractivity contribution in [3.63, 3.8) is 0 Å². The lowest BCUT2D eigenvalue weighted by molar-refractivity contribution is -0.110. The molecule has 0 saturated heterocycles. The molecular weight excluding hydrogens is 160 g/mol. The molecule has 0 N–H and O–H groups in total. The van der Waals surface area contributed by atoms with E-state index in [0.29, 0.717) is 0 Å². The van der Waals surface area contributed by atoms with Crippen LogP contribution >= 0.6 is 0 Å². The zero-order valence-electron chi connectivity index (χ0n) is 6.59. The molecule has 0 aliphatic carbocycles. The average molecular weight is 170 g/mol. The molecule has 0 saturated carbocycles. The summed E-state index contributed by atoms with van der Waals surface area (Å²) in [6.07, 6.45) is -4.83. The van der Waals surface area contributed by atoms with Crippen molar-refractivity contribution in [2.24, 2.45) is 5.92 Å². The first-order chi connectivity index (χ1) is 4.76. The first kappa shape index (κ1) is 10.5. The van der Waals surface area contributed by atoms with Crippen molar-refractivity contribution in [1.82, 2.24) is 0 Å². The van der Waals surface area contributed by atoms with E-state index in [-0.39, 0.29) is 5.57 Å². The molecular formula is C7H10F4. The Bertz CT molecular complexity index is 164. The van der Waals surface area contributed by atoms with E-state index in [0.717, 1.165) is 6.92 Å². The molecule has 0 radical (unpaired) electrons. The van der Waals surface area contributed by atoms with Gasteiger partial charge in [-0.2, -0.15) is 13.2 Å². The summed E-state index contributed by atoms with van der Waals surface area (Å²) >= 11 is 0. The molecule has 0 aromatic rings. The summed E-state index contributed by atoms with van der Waals surface area (Å²) in [5.41, 5.74) is -0.252. The van der Waals surface area contributed by atoms with Gasteiger partial charge in [0.25, 0.3) is 0 Å². The summed E-state index contributed by atoms with van der Waals surface area (Å²) in [6.45, 7) is 4.18. The highest BCUT2D eigenvalue weighted by atomic mass is 19.4. The fraction of sp³-hybridized carbons (Fsp3) is 0.714. The molecule has 0 spiro atoms. The minimum absolute atomic E-state index is 0.252. The Kier molecular flexibility index (Phi) is 3.08. The normalized spacial score (nSPS) is 15.3. The van der Waals surface area contributed by atoms with Gasteiger partial charge in [0.05, 0.1) is 0 Å². The number of allylic oxidation sites excluding steroid dienone is 2. The molecule has 0 aliphatic rings. The molecule has 0 aliphatic heterocycles. The van der Waals surface area contributed by atoms with Gasteiger partial charge in [0.2, 0.25) is 5.83 Å². The Hall–Kier alpha value is -0.540. The summed E-state index contributed by atoms with van der Waals surface area (Å²) in [5.74, 6) is -2.37. The van der Waals surface area contributed by atoms with Crippen LogP contribution in [0.25, 0.3) is 0 Å². The monoisotopic (exact) mass is 170 g/mol. The maximum absolute atomic E-state index is 12.3. The lowest BCUT2D eigenvalue weighted by Gasteiger charge is -2.09. The van der Waals surface area contributed by atoms with E-state index in [1.165, 1.54) is 13.8 Å². The van der Waals surface area contributed by atoms with Crippen molar-refractivity contribution < 1.29 is 17.6 Å². The van der Waals surface area contributed by atoms with E-state index in [9.17, 15) is 17.6 Å². The van der Waals surface area contributed by atoms with Crippen LogP contribution in [0.3, 0.4) is 0 Å². The van der Waals surface area contributed by atoms with Gasteiger partial charge >= 0.3 is 6.18 Å². The molecule has 0 rings (SSSR count). The molecule has 4 heteroatoms. The number of halogens is 4. The molecule has 11 heavy (non-hydrogen) atoms. The largest absolute Gasteiger partial charge is 0.442 e. The van der Waals surface area contributed by atoms with Crippen LogP contribution < -0.4 is 0 Å². The maximum Gasteiger partial charge on any atom is 0.442 e. The van der Waals surface area contributed by atoms with Crippen molar-refractivity contribution in [3.05, 3.63) is 11.4 Å². The minimum atomic E-state index is -4.83. The Labute approximate surface area is 62.9 Å². The number of hydrogen-bond acceptors (Lipinski definition) is 0. The summed E-state index contributed by atoms with van der Waals surface area (Å²) in [5, 5.41) is 0. The molecule has 0 amide bonds. The first-order valence-electron chi connectivity index (χ1n) is 3.20. The lowest BCUT2D eigenvalue weighted by Crippen LogP contribution is -2.11. The van der Waals surface area contributed by atoms with Crippen LogP contribution in [0.2, 0.25) is 0 Å². The Morgan fingerprint density at radius 3 is 1.64 bits per heavy atom. The van der Waals surface area contributed by atoms with Gasteiger partial charge in [-0.05, 0) is 18.4 Å². The number of hydrogen-bond donors (Lipinski definition) is 0. The maximum atomic E-state index is 12.3. The quantitative estimate of drug-likeness (QED) is 0.529. The predicted molar refractivity (Wildman–Crippen MR) is 34.7 cm³/mol. The third kappa shape index (κ3) is 2.91. The van der Waals surface area contributed by atoms with E-state index in [1.807, 2.05) is 0 Å². The summed E-state index contributed by atoms with van der Waals surface area (Å²) in [4.78, 5) is 0. The highest BCUT2D eigenvalue weighted by Crippen LogP contribution is 2.31. The third-order valence-corrected chi connectivity index (χ3v) is 1.46. The van der Waals surface area contributed by atoms with Gasteiger partial charge in [-0.25, -0.2) is 4.39 Å². The highest BCUT2D eigenvalue weighted by molar-refractivity contribution is 5.11. The van der Waals surface area contributed by atoms with Crippen molar-refractivity contribution >= 4 is 0 Å². The standard InChI is InChI=1S/C7H10F4/c1-4(2)5(3)6(8)7(9,10)11/h4H,1-3H3/b6-5+. The average Bonchev–Trinajstić information content (AvgIpc) is 1.82. The van der Waals surface area contributed by atoms with Gasteiger partial charge in [0.1, 0.15) is 0 Å². The van der Waals surface area contributed by atoms with Crippen LogP contribution in [0.1, 0.15) is 20.8 Å². The highest BCUT2D eigenvalue weighted by Gasteiger charge is 2.36. The lowest BCUT2D eigenvalue weighted by atomic mass is 10.0.